The molecule has 1 aliphatic heterocycles. The molecule has 1 aromatic carbocycles. The summed E-state index contributed by atoms with van der Waals surface area (Å²) in [6.45, 7) is 2.41. The van der Waals surface area contributed by atoms with Crippen LogP contribution in [0.25, 0.3) is 0 Å². The van der Waals surface area contributed by atoms with Gasteiger partial charge in [0.15, 0.2) is 0 Å². The summed E-state index contributed by atoms with van der Waals surface area (Å²) in [7, 11) is -9.92. The summed E-state index contributed by atoms with van der Waals surface area (Å²) in [4.78, 5) is -0.201. The molecule has 0 unspecified atom stereocenters. The molecule has 146 valence electrons. The number of halogens is 4. The van der Waals surface area contributed by atoms with Gasteiger partial charge in [-0.1, -0.05) is 0 Å². The van der Waals surface area contributed by atoms with Gasteiger partial charge in [-0.2, -0.15) is 25.9 Å². The number of nitrogens with zero attached hydrogens (tertiary/aromatic N) is 1. The molecule has 0 radical (unpaired) electrons. The van der Waals surface area contributed by atoms with Crippen LogP contribution in [-0.2, 0) is 24.3 Å². The van der Waals surface area contributed by atoms with Crippen molar-refractivity contribution >= 4 is 20.1 Å². The topological polar surface area (TPSA) is 80.8 Å². The van der Waals surface area contributed by atoms with Crippen LogP contribution in [0.3, 0.4) is 0 Å². The number of hydrogen-bond acceptors (Lipinski definition) is 5. The highest BCUT2D eigenvalue weighted by atomic mass is 32.2. The van der Waals surface area contributed by atoms with Gasteiger partial charge < -0.3 is 4.18 Å². The van der Waals surface area contributed by atoms with Gasteiger partial charge in [0.2, 0.25) is 10.0 Å². The molecule has 0 amide bonds. The Labute approximate surface area is 148 Å². The molecule has 1 aromatic rings. The van der Waals surface area contributed by atoms with Crippen molar-refractivity contribution in [2.75, 3.05) is 6.54 Å². The third-order valence-electron chi connectivity index (χ3n) is 3.67. The Morgan fingerprint density at radius 1 is 1.08 bits per heavy atom. The molecule has 1 aliphatic rings. The van der Waals surface area contributed by atoms with Crippen LogP contribution >= 0.6 is 0 Å². The predicted molar refractivity (Wildman–Crippen MR) is 83.1 cm³/mol. The Kier molecular flexibility index (Phi) is 5.16. The number of rotatable bonds is 4. The van der Waals surface area contributed by atoms with Gasteiger partial charge in [-0.3, -0.25) is 0 Å². The van der Waals surface area contributed by atoms with E-state index >= 15 is 0 Å². The Morgan fingerprint density at radius 3 is 2.08 bits per heavy atom. The highest BCUT2D eigenvalue weighted by Crippen LogP contribution is 2.36. The monoisotopic (exact) mass is 417 g/mol. The first-order valence-electron chi connectivity index (χ1n) is 7.15. The van der Waals surface area contributed by atoms with E-state index in [9.17, 15) is 34.4 Å². The van der Waals surface area contributed by atoms with Crippen LogP contribution in [0.4, 0.5) is 17.6 Å². The van der Waals surface area contributed by atoms with Gasteiger partial charge in [0.25, 0.3) is 0 Å². The lowest BCUT2D eigenvalue weighted by Gasteiger charge is -2.40. The molecule has 6 nitrogen and oxygen atoms in total. The lowest BCUT2D eigenvalue weighted by Crippen LogP contribution is -2.50. The van der Waals surface area contributed by atoms with E-state index in [2.05, 4.69) is 4.18 Å². The van der Waals surface area contributed by atoms with Crippen LogP contribution in [-0.4, -0.2) is 38.7 Å². The summed E-state index contributed by atoms with van der Waals surface area (Å²) >= 11 is 0. The fraction of sp³-hybridized carbons (Fsp3) is 0.429. The molecule has 26 heavy (non-hydrogen) atoms. The second-order valence-electron chi connectivity index (χ2n) is 6.13. The molecule has 0 spiro atoms. The number of alkyl halides is 3. The zero-order valence-corrected chi connectivity index (χ0v) is 15.3. The van der Waals surface area contributed by atoms with Gasteiger partial charge in [-0.15, -0.1) is 0 Å². The number of hydrogen-bond donors (Lipinski definition) is 0. The van der Waals surface area contributed by atoms with Crippen LogP contribution < -0.4 is 0 Å². The van der Waals surface area contributed by atoms with E-state index < -0.39 is 55.7 Å². The minimum absolute atomic E-state index is 0.201. The maximum absolute atomic E-state index is 13.0. The Hall–Kier alpha value is -1.66. The third-order valence-corrected chi connectivity index (χ3v) is 6.76. The van der Waals surface area contributed by atoms with E-state index in [1.807, 2.05) is 0 Å². The van der Waals surface area contributed by atoms with Crippen molar-refractivity contribution < 1.29 is 38.6 Å². The Balaban J connectivity index is 2.32. The van der Waals surface area contributed by atoms with Crippen LogP contribution in [0.15, 0.2) is 41.0 Å². The van der Waals surface area contributed by atoms with E-state index in [0.717, 1.165) is 34.6 Å². The average Bonchev–Trinajstić information content (AvgIpc) is 2.44. The summed E-state index contributed by atoms with van der Waals surface area (Å²) < 4.78 is 103. The second kappa shape index (κ2) is 6.50. The van der Waals surface area contributed by atoms with Gasteiger partial charge in [0, 0.05) is 18.5 Å². The van der Waals surface area contributed by atoms with Gasteiger partial charge in [-0.25, -0.2) is 12.8 Å². The molecule has 1 heterocycles. The third kappa shape index (κ3) is 4.01. The molecule has 0 N–H and O–H groups in total. The van der Waals surface area contributed by atoms with Crippen LogP contribution in [0.2, 0.25) is 0 Å². The first kappa shape index (κ1) is 20.6. The Morgan fingerprint density at radius 2 is 1.62 bits per heavy atom. The lowest BCUT2D eigenvalue weighted by atomic mass is 9.96. The van der Waals surface area contributed by atoms with Gasteiger partial charge >= 0.3 is 15.6 Å². The first-order valence-corrected chi connectivity index (χ1v) is 10.00. The largest absolute Gasteiger partial charge is 0.534 e. The Bertz CT molecular complexity index is 919. The molecule has 0 bridgehead atoms. The standard InChI is InChI=1S/C14H15F4NO5S2/c1-13(2)9-11(24-26(22,23)14(16,17)18)7-8-19(13)25(20,21)12-5-3-10(15)4-6-12/h3-7H,8-9H2,1-2H3. The molecular formula is C14H15F4NO5S2. The quantitative estimate of drug-likeness (QED) is 0.428. The molecule has 0 atom stereocenters. The molecular weight excluding hydrogens is 402 g/mol. The fourth-order valence-corrected chi connectivity index (χ4v) is 4.65. The molecule has 0 saturated carbocycles. The van der Waals surface area contributed by atoms with Gasteiger partial charge in [0.05, 0.1) is 4.90 Å². The average molecular weight is 417 g/mol. The SMILES string of the molecule is CC1(C)CC(OS(=O)(=O)C(F)(F)F)=CCN1S(=O)(=O)c1ccc(F)cc1. The van der Waals surface area contributed by atoms with Crippen LogP contribution in [0, 0.1) is 5.82 Å². The maximum Gasteiger partial charge on any atom is 0.534 e. The van der Waals surface area contributed by atoms with Crippen molar-refractivity contribution in [1.29, 1.82) is 0 Å². The number of benzene rings is 1. The zero-order valence-electron chi connectivity index (χ0n) is 13.6. The van der Waals surface area contributed by atoms with E-state index in [4.69, 9.17) is 0 Å². The molecule has 0 fully saturated rings. The predicted octanol–water partition coefficient (Wildman–Crippen LogP) is 2.75. The van der Waals surface area contributed by atoms with E-state index in [1.54, 1.807) is 0 Å². The summed E-state index contributed by atoms with van der Waals surface area (Å²) in [6.07, 6.45) is 0.554. The minimum Gasteiger partial charge on any atom is -0.381 e. The zero-order chi connectivity index (χ0) is 20.0. The van der Waals surface area contributed by atoms with Crippen molar-refractivity contribution in [3.05, 3.63) is 41.9 Å². The molecule has 0 saturated heterocycles. The van der Waals surface area contributed by atoms with Crippen molar-refractivity contribution in [1.82, 2.24) is 4.31 Å². The van der Waals surface area contributed by atoms with Crippen LogP contribution in [0.5, 0.6) is 0 Å². The summed E-state index contributed by atoms with van der Waals surface area (Å²) in [5, 5.41) is 0. The summed E-state index contributed by atoms with van der Waals surface area (Å²) in [5.74, 6) is -1.13. The van der Waals surface area contributed by atoms with Crippen molar-refractivity contribution in [3.8, 4) is 0 Å². The highest BCUT2D eigenvalue weighted by Gasteiger charge is 2.50. The molecule has 0 aromatic heterocycles. The minimum atomic E-state index is -5.84. The normalized spacial score (nSPS) is 19.1. The lowest BCUT2D eigenvalue weighted by molar-refractivity contribution is -0.0527. The van der Waals surface area contributed by atoms with Crippen molar-refractivity contribution in [2.45, 2.75) is 36.2 Å². The van der Waals surface area contributed by atoms with E-state index in [-0.39, 0.29) is 4.90 Å². The second-order valence-corrected chi connectivity index (χ2v) is 9.53. The van der Waals surface area contributed by atoms with Crippen molar-refractivity contribution in [2.24, 2.45) is 0 Å². The number of sulfonamides is 1. The summed E-state index contributed by atoms with van der Waals surface area (Å²) in [6, 6.07) is 4.05. The summed E-state index contributed by atoms with van der Waals surface area (Å²) in [5.41, 5.74) is -6.87. The first-order chi connectivity index (χ1) is 11.7. The maximum atomic E-state index is 13.0. The highest BCUT2D eigenvalue weighted by molar-refractivity contribution is 7.89. The van der Waals surface area contributed by atoms with E-state index in [1.165, 1.54) is 13.8 Å². The van der Waals surface area contributed by atoms with Gasteiger partial charge in [-0.05, 0) is 44.2 Å². The molecule has 2 rings (SSSR count). The molecule has 12 heteroatoms. The molecule has 0 aliphatic carbocycles. The van der Waals surface area contributed by atoms with E-state index in [0.29, 0.717) is 0 Å². The van der Waals surface area contributed by atoms with Gasteiger partial charge in [0.1, 0.15) is 11.6 Å². The fourth-order valence-electron chi connectivity index (χ4n) is 2.43. The van der Waals surface area contributed by atoms with Crippen molar-refractivity contribution in [3.63, 3.8) is 0 Å². The smallest absolute Gasteiger partial charge is 0.381 e. The van der Waals surface area contributed by atoms with Crippen LogP contribution in [0.1, 0.15) is 20.3 Å².